The SMILES string of the molecule is O=C1CSc2ccc(C(=O)NCc3ccc(Cn4cnc5ccccc54)cc3)cc2N1. The molecule has 154 valence electrons. The topological polar surface area (TPSA) is 76.0 Å². The van der Waals surface area contributed by atoms with Gasteiger partial charge in [0, 0.05) is 23.5 Å². The van der Waals surface area contributed by atoms with Gasteiger partial charge < -0.3 is 15.2 Å². The van der Waals surface area contributed by atoms with Gasteiger partial charge in [0.15, 0.2) is 0 Å². The second-order valence-electron chi connectivity index (χ2n) is 7.41. The Morgan fingerprint density at radius 2 is 1.87 bits per heavy atom. The molecule has 6 nitrogen and oxygen atoms in total. The third-order valence-corrected chi connectivity index (χ3v) is 6.30. The lowest BCUT2D eigenvalue weighted by atomic mass is 10.1. The van der Waals surface area contributed by atoms with Gasteiger partial charge in [-0.1, -0.05) is 36.4 Å². The molecule has 0 fully saturated rings. The van der Waals surface area contributed by atoms with Crippen LogP contribution in [0.2, 0.25) is 0 Å². The van der Waals surface area contributed by atoms with Crippen LogP contribution in [-0.2, 0) is 17.9 Å². The molecule has 0 unspecified atom stereocenters. The summed E-state index contributed by atoms with van der Waals surface area (Å²) >= 11 is 1.48. The monoisotopic (exact) mass is 428 g/mol. The Hall–Kier alpha value is -3.58. The largest absolute Gasteiger partial charge is 0.348 e. The van der Waals surface area contributed by atoms with Crippen molar-refractivity contribution in [2.24, 2.45) is 0 Å². The molecule has 1 aromatic heterocycles. The number of anilines is 1. The average molecular weight is 429 g/mol. The van der Waals surface area contributed by atoms with E-state index in [0.29, 0.717) is 23.5 Å². The van der Waals surface area contributed by atoms with Crippen LogP contribution in [0, 0.1) is 0 Å². The van der Waals surface area contributed by atoms with E-state index in [-0.39, 0.29) is 11.8 Å². The Morgan fingerprint density at radius 1 is 1.06 bits per heavy atom. The highest BCUT2D eigenvalue weighted by molar-refractivity contribution is 8.00. The molecule has 31 heavy (non-hydrogen) atoms. The van der Waals surface area contributed by atoms with Gasteiger partial charge in [-0.15, -0.1) is 11.8 Å². The number of nitrogens with zero attached hydrogens (tertiary/aromatic N) is 2. The number of benzene rings is 3. The van der Waals surface area contributed by atoms with Gasteiger partial charge in [0.05, 0.1) is 28.8 Å². The summed E-state index contributed by atoms with van der Waals surface area (Å²) in [7, 11) is 0. The number of rotatable bonds is 5. The fourth-order valence-corrected chi connectivity index (χ4v) is 4.39. The molecule has 0 radical (unpaired) electrons. The van der Waals surface area contributed by atoms with Gasteiger partial charge in [-0.25, -0.2) is 4.98 Å². The number of amides is 2. The molecule has 4 aromatic rings. The van der Waals surface area contributed by atoms with E-state index < -0.39 is 0 Å². The zero-order chi connectivity index (χ0) is 21.2. The minimum atomic E-state index is -0.165. The third-order valence-electron chi connectivity index (χ3n) is 5.23. The van der Waals surface area contributed by atoms with E-state index in [1.807, 2.05) is 42.7 Å². The first-order valence-electron chi connectivity index (χ1n) is 9.98. The standard InChI is InChI=1S/C24H20N4O2S/c29-23-14-31-22-10-9-18(11-20(22)27-23)24(30)25-12-16-5-7-17(8-6-16)13-28-15-26-19-3-1-2-4-21(19)28/h1-11,15H,12-14H2,(H,25,30)(H,27,29). The Labute approximate surface area is 183 Å². The van der Waals surface area contributed by atoms with E-state index in [9.17, 15) is 9.59 Å². The van der Waals surface area contributed by atoms with E-state index in [4.69, 9.17) is 0 Å². The van der Waals surface area contributed by atoms with Gasteiger partial charge in [0.25, 0.3) is 5.91 Å². The van der Waals surface area contributed by atoms with Crippen molar-refractivity contribution < 1.29 is 9.59 Å². The quantitative estimate of drug-likeness (QED) is 0.503. The van der Waals surface area contributed by atoms with Crippen LogP contribution in [0.25, 0.3) is 11.0 Å². The molecule has 0 atom stereocenters. The van der Waals surface area contributed by atoms with Crippen LogP contribution in [0.5, 0.6) is 0 Å². The first kappa shape index (κ1) is 19.4. The number of hydrogen-bond donors (Lipinski definition) is 2. The predicted molar refractivity (Wildman–Crippen MR) is 122 cm³/mol. The maximum atomic E-state index is 12.5. The number of imidazole rings is 1. The van der Waals surface area contributed by atoms with Crippen LogP contribution in [0.3, 0.4) is 0 Å². The molecular formula is C24H20N4O2S. The molecule has 1 aliphatic heterocycles. The van der Waals surface area contributed by atoms with Crippen molar-refractivity contribution in [2.45, 2.75) is 18.0 Å². The van der Waals surface area contributed by atoms with Gasteiger partial charge in [0.1, 0.15) is 0 Å². The summed E-state index contributed by atoms with van der Waals surface area (Å²) in [6.07, 6.45) is 1.86. The van der Waals surface area contributed by atoms with Gasteiger partial charge in [-0.3, -0.25) is 9.59 Å². The lowest BCUT2D eigenvalue weighted by Crippen LogP contribution is -2.24. The molecule has 7 heteroatoms. The van der Waals surface area contributed by atoms with E-state index in [0.717, 1.165) is 28.0 Å². The van der Waals surface area contributed by atoms with Crippen LogP contribution in [0.4, 0.5) is 5.69 Å². The Morgan fingerprint density at radius 3 is 2.74 bits per heavy atom. The molecule has 0 bridgehead atoms. The molecule has 2 amide bonds. The highest BCUT2D eigenvalue weighted by atomic mass is 32.2. The molecule has 3 aromatic carbocycles. The lowest BCUT2D eigenvalue weighted by molar-refractivity contribution is -0.113. The van der Waals surface area contributed by atoms with Crippen molar-refractivity contribution in [1.82, 2.24) is 14.9 Å². The molecule has 2 heterocycles. The number of thioether (sulfide) groups is 1. The summed E-state index contributed by atoms with van der Waals surface area (Å²) in [5.74, 6) is 0.200. The fourth-order valence-electron chi connectivity index (χ4n) is 3.60. The van der Waals surface area contributed by atoms with E-state index >= 15 is 0 Å². The first-order valence-corrected chi connectivity index (χ1v) is 11.0. The Bertz CT molecular complexity index is 1280. The number of carbonyl (C=O) groups excluding carboxylic acids is 2. The molecule has 0 saturated carbocycles. The van der Waals surface area contributed by atoms with Crippen molar-refractivity contribution in [3.63, 3.8) is 0 Å². The van der Waals surface area contributed by atoms with Crippen molar-refractivity contribution in [2.75, 3.05) is 11.1 Å². The Balaban J connectivity index is 1.22. The van der Waals surface area contributed by atoms with Gasteiger partial charge in [0.2, 0.25) is 5.91 Å². The van der Waals surface area contributed by atoms with Gasteiger partial charge >= 0.3 is 0 Å². The summed E-state index contributed by atoms with van der Waals surface area (Å²) in [6, 6.07) is 21.7. The van der Waals surface area contributed by atoms with Crippen molar-refractivity contribution >= 4 is 40.3 Å². The van der Waals surface area contributed by atoms with Crippen molar-refractivity contribution in [3.05, 3.63) is 89.7 Å². The maximum Gasteiger partial charge on any atom is 0.251 e. The number of hydrogen-bond acceptors (Lipinski definition) is 4. The molecule has 2 N–H and O–H groups in total. The van der Waals surface area contributed by atoms with Crippen LogP contribution in [0.1, 0.15) is 21.5 Å². The number of fused-ring (bicyclic) bond motifs is 2. The first-order chi connectivity index (χ1) is 15.2. The summed E-state index contributed by atoms with van der Waals surface area (Å²) in [6.45, 7) is 1.18. The van der Waals surface area contributed by atoms with Crippen LogP contribution in [-0.4, -0.2) is 27.1 Å². The minimum absolute atomic E-state index is 0.0427. The van der Waals surface area contributed by atoms with Crippen LogP contribution < -0.4 is 10.6 Å². The fraction of sp³-hybridized carbons (Fsp3) is 0.125. The van der Waals surface area contributed by atoms with E-state index in [1.165, 1.54) is 17.3 Å². The summed E-state index contributed by atoms with van der Waals surface area (Å²) in [4.78, 5) is 29.5. The number of nitrogens with one attached hydrogen (secondary N) is 2. The summed E-state index contributed by atoms with van der Waals surface area (Å²) in [5, 5.41) is 5.77. The number of para-hydroxylation sites is 2. The zero-order valence-electron chi connectivity index (χ0n) is 16.7. The number of carbonyl (C=O) groups is 2. The minimum Gasteiger partial charge on any atom is -0.348 e. The Kier molecular flexibility index (Phi) is 5.18. The second kappa shape index (κ2) is 8.28. The van der Waals surface area contributed by atoms with Crippen LogP contribution in [0.15, 0.2) is 78.0 Å². The van der Waals surface area contributed by atoms with Crippen LogP contribution >= 0.6 is 11.8 Å². The molecule has 0 saturated heterocycles. The van der Waals surface area contributed by atoms with Gasteiger partial charge in [-0.2, -0.15) is 0 Å². The van der Waals surface area contributed by atoms with Crippen molar-refractivity contribution in [3.8, 4) is 0 Å². The van der Waals surface area contributed by atoms with Crippen molar-refractivity contribution in [1.29, 1.82) is 0 Å². The van der Waals surface area contributed by atoms with E-state index in [2.05, 4.69) is 38.4 Å². The maximum absolute atomic E-state index is 12.5. The molecule has 5 rings (SSSR count). The second-order valence-corrected chi connectivity index (χ2v) is 8.43. The molecule has 0 aliphatic carbocycles. The molecule has 1 aliphatic rings. The number of aromatic nitrogens is 2. The van der Waals surface area contributed by atoms with E-state index in [1.54, 1.807) is 12.1 Å². The lowest BCUT2D eigenvalue weighted by Gasteiger charge is -2.17. The molecule has 0 spiro atoms. The average Bonchev–Trinajstić information content (AvgIpc) is 3.20. The van der Waals surface area contributed by atoms with Gasteiger partial charge in [-0.05, 0) is 41.5 Å². The highest BCUT2D eigenvalue weighted by Crippen LogP contribution is 2.31. The molecular weight excluding hydrogens is 408 g/mol. The zero-order valence-corrected chi connectivity index (χ0v) is 17.5. The normalized spacial score (nSPS) is 13.0. The third kappa shape index (κ3) is 4.18. The summed E-state index contributed by atoms with van der Waals surface area (Å²) < 4.78 is 2.12. The smallest absolute Gasteiger partial charge is 0.251 e. The highest BCUT2D eigenvalue weighted by Gasteiger charge is 2.17. The summed E-state index contributed by atoms with van der Waals surface area (Å²) in [5.41, 5.74) is 5.52. The predicted octanol–water partition coefficient (Wildman–Crippen LogP) is 4.06.